The number of rotatable bonds is 5. The third-order valence-corrected chi connectivity index (χ3v) is 4.76. The molecule has 0 atom stereocenters. The Bertz CT molecular complexity index is 1060. The highest BCUT2D eigenvalue weighted by molar-refractivity contribution is 9.10. The van der Waals surface area contributed by atoms with E-state index in [2.05, 4.69) is 87.1 Å². The van der Waals surface area contributed by atoms with E-state index < -0.39 is 0 Å². The Balaban J connectivity index is 1.54. The van der Waals surface area contributed by atoms with Gasteiger partial charge in [-0.05, 0) is 52.2 Å². The lowest BCUT2D eigenvalue weighted by Crippen LogP contribution is -1.99. The Hall–Kier alpha value is -2.66. The van der Waals surface area contributed by atoms with Crippen molar-refractivity contribution >= 4 is 39.1 Å². The maximum absolute atomic E-state index is 4.73. The molecule has 0 aliphatic carbocycles. The second-order valence-corrected chi connectivity index (χ2v) is 7.05. The lowest BCUT2D eigenvalue weighted by Gasteiger charge is -2.03. The van der Waals surface area contributed by atoms with E-state index in [-0.39, 0.29) is 0 Å². The number of hydrogen-bond acceptors (Lipinski definition) is 2. The average Bonchev–Trinajstić information content (AvgIpc) is 3.23. The molecule has 4 aromatic rings. The molecule has 0 fully saturated rings. The lowest BCUT2D eigenvalue weighted by molar-refractivity contribution is 0.686. The van der Waals surface area contributed by atoms with Gasteiger partial charge in [0.2, 0.25) is 0 Å². The maximum atomic E-state index is 4.73. The van der Waals surface area contributed by atoms with Gasteiger partial charge in [0.25, 0.3) is 0 Å². The van der Waals surface area contributed by atoms with Crippen LogP contribution in [-0.2, 0) is 13.1 Å². The van der Waals surface area contributed by atoms with E-state index in [0.29, 0.717) is 0 Å². The molecule has 2 aromatic carbocycles. The van der Waals surface area contributed by atoms with Crippen LogP contribution in [0.15, 0.2) is 65.4 Å². The van der Waals surface area contributed by atoms with Crippen LogP contribution in [-0.4, -0.2) is 19.3 Å². The third kappa shape index (κ3) is 3.48. The smallest absolute Gasteiger partial charge is 0.133 e. The van der Waals surface area contributed by atoms with Crippen LogP contribution in [0, 0.1) is 0 Å². The van der Waals surface area contributed by atoms with E-state index in [4.69, 9.17) is 4.98 Å². The van der Waals surface area contributed by atoms with Crippen molar-refractivity contribution in [3.05, 3.63) is 82.3 Å². The molecule has 130 valence electrons. The summed E-state index contributed by atoms with van der Waals surface area (Å²) >= 11 is 3.42. The van der Waals surface area contributed by atoms with E-state index in [1.807, 2.05) is 16.9 Å². The first-order valence-corrected chi connectivity index (χ1v) is 9.42. The number of para-hydroxylation sites is 2. The predicted octanol–water partition coefficient (Wildman–Crippen LogP) is 5.23. The van der Waals surface area contributed by atoms with Gasteiger partial charge in [0.1, 0.15) is 5.82 Å². The second-order valence-electron chi connectivity index (χ2n) is 6.13. The van der Waals surface area contributed by atoms with Gasteiger partial charge in [0, 0.05) is 12.7 Å². The molecule has 0 unspecified atom stereocenters. The van der Waals surface area contributed by atoms with Crippen molar-refractivity contribution in [2.24, 2.45) is 0 Å². The number of nitrogens with zero attached hydrogens (tertiary/aromatic N) is 4. The molecule has 0 N–H and O–H groups in total. The summed E-state index contributed by atoms with van der Waals surface area (Å²) in [5, 5.41) is 4.29. The molecule has 0 saturated heterocycles. The molecular formula is C21H19BrN4. The van der Waals surface area contributed by atoms with Crippen LogP contribution >= 0.6 is 15.9 Å². The molecule has 4 nitrogen and oxygen atoms in total. The minimum absolute atomic E-state index is 0.765. The van der Waals surface area contributed by atoms with E-state index in [1.54, 1.807) is 6.20 Å². The zero-order valence-electron chi connectivity index (χ0n) is 14.5. The minimum Gasteiger partial charge on any atom is -0.325 e. The van der Waals surface area contributed by atoms with E-state index >= 15 is 0 Å². The third-order valence-electron chi connectivity index (χ3n) is 4.35. The monoisotopic (exact) mass is 406 g/mol. The van der Waals surface area contributed by atoms with Gasteiger partial charge in [-0.15, -0.1) is 0 Å². The summed E-state index contributed by atoms with van der Waals surface area (Å²) in [7, 11) is 0. The van der Waals surface area contributed by atoms with Crippen LogP contribution in [0.2, 0.25) is 0 Å². The minimum atomic E-state index is 0.765. The van der Waals surface area contributed by atoms with Crippen molar-refractivity contribution in [3.8, 4) is 0 Å². The average molecular weight is 407 g/mol. The van der Waals surface area contributed by atoms with Crippen molar-refractivity contribution in [1.82, 2.24) is 19.3 Å². The summed E-state index contributed by atoms with van der Waals surface area (Å²) in [6.07, 6.45) is 7.98. The number of fused-ring (bicyclic) bond motifs is 1. The quantitative estimate of drug-likeness (QED) is 0.454. The van der Waals surface area contributed by atoms with Crippen LogP contribution in [0.4, 0.5) is 0 Å². The van der Waals surface area contributed by atoms with Gasteiger partial charge in [0.15, 0.2) is 0 Å². The van der Waals surface area contributed by atoms with E-state index in [0.717, 1.165) is 34.5 Å². The number of halogens is 1. The van der Waals surface area contributed by atoms with Gasteiger partial charge in [-0.25, -0.2) is 4.98 Å². The van der Waals surface area contributed by atoms with Crippen LogP contribution in [0.25, 0.3) is 23.2 Å². The summed E-state index contributed by atoms with van der Waals surface area (Å²) in [5.74, 6) is 0.985. The zero-order valence-corrected chi connectivity index (χ0v) is 16.1. The van der Waals surface area contributed by atoms with Gasteiger partial charge in [0.05, 0.1) is 28.2 Å². The Kier molecular flexibility index (Phi) is 4.71. The molecule has 2 aromatic heterocycles. The standard InChI is InChI=1S/C21H19BrN4/c1-2-26-20-6-4-3-5-19(20)24-21(26)12-11-16-7-9-17(10-8-16)14-25-15-18(22)13-23-25/h3-13,15H,2,14H2,1H3/b12-11+. The number of benzene rings is 2. The summed E-state index contributed by atoms with van der Waals surface area (Å²) in [6, 6.07) is 16.8. The van der Waals surface area contributed by atoms with E-state index in [9.17, 15) is 0 Å². The topological polar surface area (TPSA) is 35.6 Å². The first kappa shape index (κ1) is 16.8. The number of hydrogen-bond donors (Lipinski definition) is 0. The van der Waals surface area contributed by atoms with Gasteiger partial charge in [-0.3, -0.25) is 4.68 Å². The Morgan fingerprint density at radius 1 is 1.04 bits per heavy atom. The molecule has 0 spiro atoms. The van der Waals surface area contributed by atoms with Crippen LogP contribution < -0.4 is 0 Å². The van der Waals surface area contributed by atoms with E-state index in [1.165, 1.54) is 11.1 Å². The first-order chi connectivity index (χ1) is 12.7. The first-order valence-electron chi connectivity index (χ1n) is 8.63. The van der Waals surface area contributed by atoms with Gasteiger partial charge >= 0.3 is 0 Å². The fourth-order valence-electron chi connectivity index (χ4n) is 3.07. The summed E-state index contributed by atoms with van der Waals surface area (Å²) in [5.41, 5.74) is 4.59. The predicted molar refractivity (Wildman–Crippen MR) is 110 cm³/mol. The Morgan fingerprint density at radius 3 is 2.58 bits per heavy atom. The molecule has 0 radical (unpaired) electrons. The highest BCUT2D eigenvalue weighted by Crippen LogP contribution is 2.18. The molecule has 0 aliphatic rings. The van der Waals surface area contributed by atoms with Crippen LogP contribution in [0.3, 0.4) is 0 Å². The Morgan fingerprint density at radius 2 is 1.85 bits per heavy atom. The lowest BCUT2D eigenvalue weighted by atomic mass is 10.1. The molecule has 0 saturated carbocycles. The van der Waals surface area contributed by atoms with Gasteiger partial charge in [-0.2, -0.15) is 5.10 Å². The molecule has 2 heterocycles. The maximum Gasteiger partial charge on any atom is 0.133 e. The summed E-state index contributed by atoms with van der Waals surface area (Å²) in [4.78, 5) is 4.73. The SMILES string of the molecule is CCn1c(/C=C/c2ccc(Cn3cc(Br)cn3)cc2)nc2ccccc21. The Labute approximate surface area is 160 Å². The normalized spacial score (nSPS) is 11.6. The number of aromatic nitrogens is 4. The van der Waals surface area contributed by atoms with Crippen molar-refractivity contribution < 1.29 is 0 Å². The van der Waals surface area contributed by atoms with Crippen LogP contribution in [0.1, 0.15) is 23.9 Å². The highest BCUT2D eigenvalue weighted by Gasteiger charge is 2.06. The fraction of sp³-hybridized carbons (Fsp3) is 0.143. The van der Waals surface area contributed by atoms with Crippen molar-refractivity contribution in [1.29, 1.82) is 0 Å². The van der Waals surface area contributed by atoms with Crippen molar-refractivity contribution in [2.45, 2.75) is 20.0 Å². The zero-order chi connectivity index (χ0) is 17.9. The van der Waals surface area contributed by atoms with Gasteiger partial charge < -0.3 is 4.57 Å². The van der Waals surface area contributed by atoms with Crippen LogP contribution in [0.5, 0.6) is 0 Å². The molecule has 5 heteroatoms. The van der Waals surface area contributed by atoms with Gasteiger partial charge in [-0.1, -0.05) is 42.5 Å². The largest absolute Gasteiger partial charge is 0.325 e. The molecular weight excluding hydrogens is 388 g/mol. The molecule has 0 amide bonds. The fourth-order valence-corrected chi connectivity index (χ4v) is 3.40. The van der Waals surface area contributed by atoms with Crippen molar-refractivity contribution in [2.75, 3.05) is 0 Å². The molecule has 4 rings (SSSR count). The van der Waals surface area contributed by atoms with Crippen molar-refractivity contribution in [3.63, 3.8) is 0 Å². The molecule has 0 bridgehead atoms. The summed E-state index contributed by atoms with van der Waals surface area (Å²) < 4.78 is 5.14. The molecule has 26 heavy (non-hydrogen) atoms. The summed E-state index contributed by atoms with van der Waals surface area (Å²) in [6.45, 7) is 3.81. The second kappa shape index (κ2) is 7.30. The number of aryl methyl sites for hydroxylation is 1. The highest BCUT2D eigenvalue weighted by atomic mass is 79.9. The molecule has 0 aliphatic heterocycles. The number of imidazole rings is 1.